The van der Waals surface area contributed by atoms with Crippen molar-refractivity contribution in [3.8, 4) is 5.75 Å². The molecule has 0 saturated heterocycles. The Morgan fingerprint density at radius 2 is 2.17 bits per heavy atom. The van der Waals surface area contributed by atoms with Crippen LogP contribution in [0.25, 0.3) is 0 Å². The molecule has 0 spiro atoms. The first-order valence-corrected chi connectivity index (χ1v) is 7.25. The Balaban J connectivity index is 1.98. The van der Waals surface area contributed by atoms with Crippen LogP contribution in [-0.4, -0.2) is 29.9 Å². The molecule has 0 radical (unpaired) electrons. The number of hydrogen-bond acceptors (Lipinski definition) is 3. The van der Waals surface area contributed by atoms with E-state index in [0.717, 1.165) is 18.9 Å². The minimum Gasteiger partial charge on any atom is -0.434 e. The second-order valence-corrected chi connectivity index (χ2v) is 5.75. The first-order valence-electron chi connectivity index (χ1n) is 7.25. The van der Waals surface area contributed by atoms with Gasteiger partial charge in [-0.05, 0) is 37.8 Å². The van der Waals surface area contributed by atoms with Gasteiger partial charge in [0.15, 0.2) is 0 Å². The number of amides is 2. The maximum absolute atomic E-state index is 13.8. The smallest absolute Gasteiger partial charge is 0.387 e. The summed E-state index contributed by atoms with van der Waals surface area (Å²) in [6.07, 6.45) is 1.83. The fraction of sp³-hybridized carbons (Fsp3) is 0.533. The van der Waals surface area contributed by atoms with Crippen molar-refractivity contribution >= 4 is 6.03 Å². The summed E-state index contributed by atoms with van der Waals surface area (Å²) in [5, 5.41) is 14.5. The summed E-state index contributed by atoms with van der Waals surface area (Å²) in [6.45, 7) is -1.90. The number of benzene rings is 1. The van der Waals surface area contributed by atoms with Crippen molar-refractivity contribution in [2.24, 2.45) is 5.92 Å². The summed E-state index contributed by atoms with van der Waals surface area (Å²) in [5.41, 5.74) is -0.915. The lowest BCUT2D eigenvalue weighted by Gasteiger charge is -2.28. The predicted molar refractivity (Wildman–Crippen MR) is 76.6 cm³/mol. The van der Waals surface area contributed by atoms with Gasteiger partial charge in [-0.15, -0.1) is 0 Å². The number of alkyl halides is 2. The zero-order valence-electron chi connectivity index (χ0n) is 12.6. The SMILES string of the molecule is CC(CO)(NC(=O)NCc1c(F)cccc1OC(F)F)C1CC1. The Kier molecular flexibility index (Phi) is 5.35. The van der Waals surface area contributed by atoms with Gasteiger partial charge in [-0.25, -0.2) is 9.18 Å². The summed E-state index contributed by atoms with van der Waals surface area (Å²) in [4.78, 5) is 11.9. The van der Waals surface area contributed by atoms with E-state index in [9.17, 15) is 23.1 Å². The molecule has 8 heteroatoms. The Hall–Kier alpha value is -1.96. The van der Waals surface area contributed by atoms with E-state index in [0.29, 0.717) is 0 Å². The molecule has 1 aliphatic rings. The largest absolute Gasteiger partial charge is 0.434 e. The second-order valence-electron chi connectivity index (χ2n) is 5.75. The van der Waals surface area contributed by atoms with Crippen LogP contribution < -0.4 is 15.4 Å². The third kappa shape index (κ3) is 4.51. The molecule has 2 amide bonds. The highest BCUT2D eigenvalue weighted by Crippen LogP contribution is 2.39. The molecule has 2 rings (SSSR count). The number of carbonyl (C=O) groups excluding carboxylic acids is 1. The summed E-state index contributed by atoms with van der Waals surface area (Å²) in [6, 6.07) is 2.92. The molecule has 1 aromatic carbocycles. The van der Waals surface area contributed by atoms with Gasteiger partial charge in [-0.3, -0.25) is 0 Å². The van der Waals surface area contributed by atoms with Gasteiger partial charge < -0.3 is 20.5 Å². The molecule has 1 aromatic rings. The number of aliphatic hydroxyl groups excluding tert-OH is 1. The van der Waals surface area contributed by atoms with Crippen molar-refractivity contribution in [1.29, 1.82) is 0 Å². The highest BCUT2D eigenvalue weighted by atomic mass is 19.3. The van der Waals surface area contributed by atoms with E-state index in [-0.39, 0.29) is 30.4 Å². The normalized spacial score (nSPS) is 16.8. The fourth-order valence-electron chi connectivity index (χ4n) is 2.38. The molecule has 0 bridgehead atoms. The number of carbonyl (C=O) groups is 1. The number of aliphatic hydroxyl groups is 1. The monoisotopic (exact) mass is 332 g/mol. The zero-order chi connectivity index (χ0) is 17.0. The molecule has 1 unspecified atom stereocenters. The van der Waals surface area contributed by atoms with E-state index in [1.165, 1.54) is 12.1 Å². The van der Waals surface area contributed by atoms with Crippen LogP contribution in [-0.2, 0) is 6.54 Å². The standard InChI is InChI=1S/C15H19F3N2O3/c1-15(8-21,9-5-6-9)20-14(22)19-7-10-11(16)3-2-4-12(10)23-13(17)18/h2-4,9,13,21H,5-8H2,1H3,(H2,19,20,22). The van der Waals surface area contributed by atoms with Crippen LogP contribution in [0.2, 0.25) is 0 Å². The summed E-state index contributed by atoms with van der Waals surface area (Å²) in [7, 11) is 0. The second kappa shape index (κ2) is 7.08. The summed E-state index contributed by atoms with van der Waals surface area (Å²) >= 11 is 0. The molecule has 0 heterocycles. The van der Waals surface area contributed by atoms with E-state index in [4.69, 9.17) is 0 Å². The van der Waals surface area contributed by atoms with Gasteiger partial charge in [0.25, 0.3) is 0 Å². The molecule has 128 valence electrons. The van der Waals surface area contributed by atoms with Crippen LogP contribution in [0.3, 0.4) is 0 Å². The Morgan fingerprint density at radius 3 is 2.74 bits per heavy atom. The van der Waals surface area contributed by atoms with Crippen molar-refractivity contribution in [1.82, 2.24) is 10.6 Å². The fourth-order valence-corrected chi connectivity index (χ4v) is 2.38. The van der Waals surface area contributed by atoms with Crippen molar-refractivity contribution < 1.29 is 27.8 Å². The maximum atomic E-state index is 13.8. The maximum Gasteiger partial charge on any atom is 0.387 e. The van der Waals surface area contributed by atoms with E-state index >= 15 is 0 Å². The van der Waals surface area contributed by atoms with Gasteiger partial charge in [0, 0.05) is 5.56 Å². The van der Waals surface area contributed by atoms with Gasteiger partial charge in [0.1, 0.15) is 11.6 Å². The minimum atomic E-state index is -3.09. The summed E-state index contributed by atoms with van der Waals surface area (Å²) < 4.78 is 42.6. The van der Waals surface area contributed by atoms with Crippen LogP contribution in [0.4, 0.5) is 18.0 Å². The average Bonchev–Trinajstić information content (AvgIpc) is 3.31. The van der Waals surface area contributed by atoms with Crippen LogP contribution in [0.1, 0.15) is 25.3 Å². The number of nitrogens with one attached hydrogen (secondary N) is 2. The number of rotatable bonds is 7. The first kappa shape index (κ1) is 17.4. The molecular formula is C15H19F3N2O3. The lowest BCUT2D eigenvalue weighted by Crippen LogP contribution is -2.54. The molecule has 1 saturated carbocycles. The molecule has 3 N–H and O–H groups in total. The quantitative estimate of drug-likeness (QED) is 0.718. The van der Waals surface area contributed by atoms with Gasteiger partial charge in [-0.2, -0.15) is 8.78 Å². The number of urea groups is 1. The van der Waals surface area contributed by atoms with E-state index in [1.54, 1.807) is 6.92 Å². The Bertz CT molecular complexity index is 567. The predicted octanol–water partition coefficient (Wildman–Crippen LogP) is 2.39. The molecule has 5 nitrogen and oxygen atoms in total. The van der Waals surface area contributed by atoms with Gasteiger partial charge in [0.05, 0.1) is 18.7 Å². The molecule has 1 atom stereocenters. The molecule has 0 aliphatic heterocycles. The first-order chi connectivity index (χ1) is 10.9. The van der Waals surface area contributed by atoms with Gasteiger partial charge in [-0.1, -0.05) is 6.07 Å². The highest BCUT2D eigenvalue weighted by Gasteiger charge is 2.42. The van der Waals surface area contributed by atoms with Crippen LogP contribution >= 0.6 is 0 Å². The third-order valence-electron chi connectivity index (χ3n) is 3.92. The lowest BCUT2D eigenvalue weighted by molar-refractivity contribution is -0.0506. The van der Waals surface area contributed by atoms with Crippen LogP contribution in [0, 0.1) is 11.7 Å². The van der Waals surface area contributed by atoms with Gasteiger partial charge >= 0.3 is 12.6 Å². The third-order valence-corrected chi connectivity index (χ3v) is 3.92. The lowest BCUT2D eigenvalue weighted by atomic mass is 9.97. The minimum absolute atomic E-state index is 0.167. The van der Waals surface area contributed by atoms with E-state index in [1.807, 2.05) is 0 Å². The molecule has 23 heavy (non-hydrogen) atoms. The van der Waals surface area contributed by atoms with Crippen molar-refractivity contribution in [3.05, 3.63) is 29.6 Å². The van der Waals surface area contributed by atoms with E-state index in [2.05, 4.69) is 15.4 Å². The molecular weight excluding hydrogens is 313 g/mol. The highest BCUT2D eigenvalue weighted by molar-refractivity contribution is 5.75. The molecule has 0 aromatic heterocycles. The molecule has 1 fully saturated rings. The van der Waals surface area contributed by atoms with Crippen LogP contribution in [0.15, 0.2) is 18.2 Å². The molecule has 1 aliphatic carbocycles. The Labute approximate surface area is 131 Å². The van der Waals surface area contributed by atoms with Crippen molar-refractivity contribution in [2.45, 2.75) is 38.5 Å². The topological polar surface area (TPSA) is 70.6 Å². The summed E-state index contributed by atoms with van der Waals surface area (Å²) in [5.74, 6) is -0.882. The Morgan fingerprint density at radius 1 is 1.48 bits per heavy atom. The van der Waals surface area contributed by atoms with Crippen LogP contribution in [0.5, 0.6) is 5.75 Å². The van der Waals surface area contributed by atoms with Crippen molar-refractivity contribution in [2.75, 3.05) is 6.61 Å². The number of ether oxygens (including phenoxy) is 1. The number of halogens is 3. The number of hydrogen-bond donors (Lipinski definition) is 3. The zero-order valence-corrected chi connectivity index (χ0v) is 12.6. The average molecular weight is 332 g/mol. The van der Waals surface area contributed by atoms with Gasteiger partial charge in [0.2, 0.25) is 0 Å². The van der Waals surface area contributed by atoms with Crippen molar-refractivity contribution in [3.63, 3.8) is 0 Å². The van der Waals surface area contributed by atoms with E-state index < -0.39 is 24.0 Å².